The molecule has 4 aromatic rings. The SMILES string of the molecule is Cn1cc(C=CCNC(=O)OCC2c3ccccc3-c3ccccc32)c2ccccc21. The molecule has 1 heterocycles. The van der Waals surface area contributed by atoms with Crippen LogP contribution in [0.15, 0.2) is 85.1 Å². The third-order valence-electron chi connectivity index (χ3n) is 5.93. The number of aryl methyl sites for hydroxylation is 1. The van der Waals surface area contributed by atoms with Gasteiger partial charge in [0.25, 0.3) is 0 Å². The first-order valence-electron chi connectivity index (χ1n) is 10.5. The van der Waals surface area contributed by atoms with Crippen LogP contribution in [0.4, 0.5) is 4.79 Å². The third kappa shape index (κ3) is 3.61. The van der Waals surface area contributed by atoms with Crippen molar-refractivity contribution in [1.29, 1.82) is 0 Å². The highest BCUT2D eigenvalue weighted by molar-refractivity contribution is 5.89. The van der Waals surface area contributed by atoms with Gasteiger partial charge in [0.2, 0.25) is 0 Å². The van der Waals surface area contributed by atoms with Gasteiger partial charge < -0.3 is 14.6 Å². The number of para-hydroxylation sites is 1. The van der Waals surface area contributed by atoms with Gasteiger partial charge in [0.15, 0.2) is 0 Å². The molecule has 0 fully saturated rings. The number of hydrogen-bond acceptors (Lipinski definition) is 2. The second kappa shape index (κ2) is 8.15. The minimum Gasteiger partial charge on any atom is -0.449 e. The quantitative estimate of drug-likeness (QED) is 0.458. The van der Waals surface area contributed by atoms with E-state index in [-0.39, 0.29) is 5.92 Å². The van der Waals surface area contributed by atoms with E-state index < -0.39 is 6.09 Å². The molecule has 0 bridgehead atoms. The predicted octanol–water partition coefficient (Wildman–Crippen LogP) is 5.73. The van der Waals surface area contributed by atoms with Gasteiger partial charge in [-0.15, -0.1) is 0 Å². The van der Waals surface area contributed by atoms with Crippen molar-refractivity contribution in [3.05, 3.63) is 102 Å². The molecule has 4 heteroatoms. The first-order chi connectivity index (χ1) is 15.2. The summed E-state index contributed by atoms with van der Waals surface area (Å²) in [6.45, 7) is 0.743. The normalized spacial score (nSPS) is 12.8. The Morgan fingerprint density at radius 1 is 0.968 bits per heavy atom. The van der Waals surface area contributed by atoms with Gasteiger partial charge in [-0.25, -0.2) is 4.79 Å². The molecular weight excluding hydrogens is 384 g/mol. The third-order valence-corrected chi connectivity index (χ3v) is 5.93. The van der Waals surface area contributed by atoms with Gasteiger partial charge in [-0.2, -0.15) is 0 Å². The molecule has 31 heavy (non-hydrogen) atoms. The summed E-state index contributed by atoms with van der Waals surface area (Å²) >= 11 is 0. The van der Waals surface area contributed by atoms with Crippen LogP contribution in [0.5, 0.6) is 0 Å². The fourth-order valence-electron chi connectivity index (χ4n) is 4.48. The number of carbonyl (C=O) groups excluding carboxylic acids is 1. The van der Waals surface area contributed by atoms with E-state index in [0.717, 1.165) is 5.56 Å². The highest BCUT2D eigenvalue weighted by Gasteiger charge is 2.28. The van der Waals surface area contributed by atoms with Crippen LogP contribution < -0.4 is 5.32 Å². The number of nitrogens with one attached hydrogen (secondary N) is 1. The van der Waals surface area contributed by atoms with Crippen LogP contribution in [0.25, 0.3) is 28.1 Å². The van der Waals surface area contributed by atoms with E-state index in [1.54, 1.807) is 0 Å². The Labute approximate surface area is 181 Å². The maximum atomic E-state index is 12.3. The molecule has 0 atom stereocenters. The van der Waals surface area contributed by atoms with Crippen molar-refractivity contribution in [2.45, 2.75) is 5.92 Å². The molecule has 5 rings (SSSR count). The summed E-state index contributed by atoms with van der Waals surface area (Å²) < 4.78 is 7.68. The van der Waals surface area contributed by atoms with Crippen LogP contribution in [-0.2, 0) is 11.8 Å². The number of amides is 1. The van der Waals surface area contributed by atoms with Gasteiger partial charge in [-0.1, -0.05) is 78.9 Å². The highest BCUT2D eigenvalue weighted by atomic mass is 16.5. The molecule has 154 valence electrons. The zero-order valence-electron chi connectivity index (χ0n) is 17.4. The first kappa shape index (κ1) is 19.2. The van der Waals surface area contributed by atoms with Gasteiger partial charge in [0.05, 0.1) is 0 Å². The van der Waals surface area contributed by atoms with Crippen molar-refractivity contribution >= 4 is 23.1 Å². The fourth-order valence-corrected chi connectivity index (χ4v) is 4.48. The molecule has 0 unspecified atom stereocenters. The van der Waals surface area contributed by atoms with Crippen molar-refractivity contribution < 1.29 is 9.53 Å². The Morgan fingerprint density at radius 3 is 2.35 bits per heavy atom. The summed E-state index contributed by atoms with van der Waals surface area (Å²) in [5.74, 6) is 0.0735. The van der Waals surface area contributed by atoms with E-state index in [1.165, 1.54) is 33.2 Å². The Balaban J connectivity index is 1.20. The van der Waals surface area contributed by atoms with Crippen LogP contribution in [0, 0.1) is 0 Å². The summed E-state index contributed by atoms with van der Waals surface area (Å²) in [5.41, 5.74) is 7.20. The molecule has 1 amide bonds. The van der Waals surface area contributed by atoms with E-state index in [1.807, 2.05) is 55.6 Å². The molecule has 1 aromatic heterocycles. The lowest BCUT2D eigenvalue weighted by atomic mass is 9.98. The maximum absolute atomic E-state index is 12.3. The van der Waals surface area contributed by atoms with Crippen molar-refractivity contribution in [1.82, 2.24) is 9.88 Å². The van der Waals surface area contributed by atoms with Crippen molar-refractivity contribution in [3.8, 4) is 11.1 Å². The number of aromatic nitrogens is 1. The Hall–Kier alpha value is -3.79. The van der Waals surface area contributed by atoms with Crippen LogP contribution >= 0.6 is 0 Å². The van der Waals surface area contributed by atoms with Crippen molar-refractivity contribution in [3.63, 3.8) is 0 Å². The molecule has 0 saturated heterocycles. The lowest BCUT2D eigenvalue weighted by Gasteiger charge is -2.14. The summed E-state index contributed by atoms with van der Waals surface area (Å²) in [5, 5.41) is 4.02. The van der Waals surface area contributed by atoms with E-state index in [0.29, 0.717) is 13.2 Å². The van der Waals surface area contributed by atoms with E-state index in [4.69, 9.17) is 4.74 Å². The van der Waals surface area contributed by atoms with Crippen LogP contribution in [0.1, 0.15) is 22.6 Å². The summed E-state index contributed by atoms with van der Waals surface area (Å²) in [4.78, 5) is 12.3. The number of rotatable bonds is 5. The second-order valence-electron chi connectivity index (χ2n) is 7.82. The first-order valence-corrected chi connectivity index (χ1v) is 10.5. The molecule has 0 aliphatic heterocycles. The number of alkyl carbamates (subject to hydrolysis) is 1. The monoisotopic (exact) mass is 408 g/mol. The standard InChI is InChI=1S/C27H24N2O2/c1-29-17-19(20-10-6-7-15-26(20)29)9-8-16-28-27(30)31-18-25-23-13-4-2-11-21(23)22-12-3-5-14-24(22)25/h2-15,17,25H,16,18H2,1H3,(H,28,30). The molecule has 1 N–H and O–H groups in total. The fraction of sp³-hybridized carbons (Fsp3) is 0.148. The predicted molar refractivity (Wildman–Crippen MR) is 125 cm³/mol. The Bertz CT molecular complexity index is 1240. The van der Waals surface area contributed by atoms with Gasteiger partial charge in [0.1, 0.15) is 6.61 Å². The lowest BCUT2D eigenvalue weighted by molar-refractivity contribution is 0.144. The van der Waals surface area contributed by atoms with Gasteiger partial charge in [-0.05, 0) is 33.9 Å². The Kier molecular flexibility index (Phi) is 5.04. The summed E-state index contributed by atoms with van der Waals surface area (Å²) in [7, 11) is 2.04. The van der Waals surface area contributed by atoms with E-state index >= 15 is 0 Å². The maximum Gasteiger partial charge on any atom is 0.407 e. The molecule has 3 aromatic carbocycles. The minimum absolute atomic E-state index is 0.0735. The molecule has 0 spiro atoms. The summed E-state index contributed by atoms with van der Waals surface area (Å²) in [6, 6.07) is 25.0. The minimum atomic E-state index is -0.399. The summed E-state index contributed by atoms with van der Waals surface area (Å²) in [6.07, 6.45) is 5.67. The number of hydrogen-bond donors (Lipinski definition) is 1. The van der Waals surface area contributed by atoms with Crippen LogP contribution in [-0.4, -0.2) is 23.8 Å². The smallest absolute Gasteiger partial charge is 0.407 e. The topological polar surface area (TPSA) is 43.3 Å². The average molecular weight is 409 g/mol. The highest BCUT2D eigenvalue weighted by Crippen LogP contribution is 2.44. The number of fused-ring (bicyclic) bond motifs is 4. The molecule has 0 radical (unpaired) electrons. The lowest BCUT2D eigenvalue weighted by Crippen LogP contribution is -2.26. The molecule has 1 aliphatic rings. The second-order valence-corrected chi connectivity index (χ2v) is 7.82. The van der Waals surface area contributed by atoms with Crippen molar-refractivity contribution in [2.75, 3.05) is 13.2 Å². The van der Waals surface area contributed by atoms with E-state index in [9.17, 15) is 4.79 Å². The van der Waals surface area contributed by atoms with Gasteiger partial charge >= 0.3 is 6.09 Å². The number of carbonyl (C=O) groups is 1. The average Bonchev–Trinajstić information content (AvgIpc) is 3.30. The number of benzene rings is 3. The van der Waals surface area contributed by atoms with Crippen LogP contribution in [0.2, 0.25) is 0 Å². The zero-order valence-corrected chi connectivity index (χ0v) is 17.4. The Morgan fingerprint density at radius 2 is 1.61 bits per heavy atom. The molecule has 0 saturated carbocycles. The van der Waals surface area contributed by atoms with Gasteiger partial charge in [0, 0.05) is 36.6 Å². The number of ether oxygens (including phenoxy) is 1. The molecule has 1 aliphatic carbocycles. The van der Waals surface area contributed by atoms with E-state index in [2.05, 4.69) is 52.5 Å². The van der Waals surface area contributed by atoms with Crippen LogP contribution in [0.3, 0.4) is 0 Å². The largest absolute Gasteiger partial charge is 0.449 e. The molecular formula is C27H24N2O2. The number of nitrogens with zero attached hydrogens (tertiary/aromatic N) is 1. The zero-order chi connectivity index (χ0) is 21.2. The van der Waals surface area contributed by atoms with Crippen molar-refractivity contribution in [2.24, 2.45) is 7.05 Å². The molecule has 4 nitrogen and oxygen atoms in total. The van der Waals surface area contributed by atoms with Gasteiger partial charge in [-0.3, -0.25) is 0 Å².